The number of nitrogens with zero attached hydrogens (tertiary/aromatic N) is 1. The Morgan fingerprint density at radius 2 is 2.00 bits per heavy atom. The van der Waals surface area contributed by atoms with Gasteiger partial charge in [-0.05, 0) is 25.2 Å². The standard InChI is InChI=1S/C12H23NO2/c1-10(2)4-5-12(14)13-8-6-11(15-3)7-9-13/h10-11H,4-9H2,1-3H3. The van der Waals surface area contributed by atoms with Gasteiger partial charge in [-0.25, -0.2) is 0 Å². The van der Waals surface area contributed by atoms with Crippen molar-refractivity contribution in [2.45, 2.75) is 45.6 Å². The summed E-state index contributed by atoms with van der Waals surface area (Å²) >= 11 is 0. The van der Waals surface area contributed by atoms with E-state index >= 15 is 0 Å². The van der Waals surface area contributed by atoms with E-state index in [-0.39, 0.29) is 0 Å². The molecule has 1 aliphatic heterocycles. The molecule has 3 heteroatoms. The largest absolute Gasteiger partial charge is 0.381 e. The van der Waals surface area contributed by atoms with Crippen LogP contribution in [0.1, 0.15) is 39.5 Å². The molecule has 0 saturated carbocycles. The van der Waals surface area contributed by atoms with E-state index in [9.17, 15) is 4.79 Å². The van der Waals surface area contributed by atoms with Crippen LogP contribution in [-0.4, -0.2) is 37.1 Å². The molecule has 1 fully saturated rings. The van der Waals surface area contributed by atoms with Crippen LogP contribution in [0.3, 0.4) is 0 Å². The Balaban J connectivity index is 2.24. The van der Waals surface area contributed by atoms with Gasteiger partial charge in [0.2, 0.25) is 5.91 Å². The summed E-state index contributed by atoms with van der Waals surface area (Å²) in [5, 5.41) is 0. The molecule has 1 rings (SSSR count). The van der Waals surface area contributed by atoms with Gasteiger partial charge in [0, 0.05) is 26.6 Å². The van der Waals surface area contributed by atoms with Gasteiger partial charge in [-0.2, -0.15) is 0 Å². The first kappa shape index (κ1) is 12.5. The van der Waals surface area contributed by atoms with Crippen molar-refractivity contribution < 1.29 is 9.53 Å². The maximum Gasteiger partial charge on any atom is 0.222 e. The second-order valence-electron chi connectivity index (χ2n) is 4.75. The van der Waals surface area contributed by atoms with Crippen LogP contribution >= 0.6 is 0 Å². The summed E-state index contributed by atoms with van der Waals surface area (Å²) in [6, 6.07) is 0. The molecule has 1 aliphatic rings. The minimum Gasteiger partial charge on any atom is -0.381 e. The van der Waals surface area contributed by atoms with E-state index in [4.69, 9.17) is 4.74 Å². The van der Waals surface area contributed by atoms with Gasteiger partial charge in [-0.15, -0.1) is 0 Å². The summed E-state index contributed by atoms with van der Waals surface area (Å²) < 4.78 is 5.28. The number of likely N-dealkylation sites (tertiary alicyclic amines) is 1. The first-order valence-corrected chi connectivity index (χ1v) is 5.94. The molecule has 0 aromatic carbocycles. The highest BCUT2D eigenvalue weighted by Crippen LogP contribution is 2.15. The number of amides is 1. The van der Waals surface area contributed by atoms with Crippen molar-refractivity contribution >= 4 is 5.91 Å². The van der Waals surface area contributed by atoms with Crippen LogP contribution in [0.4, 0.5) is 0 Å². The molecule has 0 bridgehead atoms. The Morgan fingerprint density at radius 1 is 1.40 bits per heavy atom. The molecular formula is C12H23NO2. The van der Waals surface area contributed by atoms with Crippen LogP contribution in [0.25, 0.3) is 0 Å². The fraction of sp³-hybridized carbons (Fsp3) is 0.917. The van der Waals surface area contributed by atoms with Gasteiger partial charge >= 0.3 is 0 Å². The molecule has 0 aromatic rings. The maximum absolute atomic E-state index is 11.8. The van der Waals surface area contributed by atoms with Crippen LogP contribution in [0.5, 0.6) is 0 Å². The molecule has 0 N–H and O–H groups in total. The Morgan fingerprint density at radius 3 is 2.47 bits per heavy atom. The number of ether oxygens (including phenoxy) is 1. The highest BCUT2D eigenvalue weighted by Gasteiger charge is 2.21. The zero-order valence-electron chi connectivity index (χ0n) is 10.2. The minimum absolute atomic E-state index is 0.318. The van der Waals surface area contributed by atoms with Crippen LogP contribution in [-0.2, 0) is 9.53 Å². The third-order valence-corrected chi connectivity index (χ3v) is 3.06. The number of carbonyl (C=O) groups is 1. The Bertz CT molecular complexity index is 196. The molecule has 15 heavy (non-hydrogen) atoms. The molecule has 1 saturated heterocycles. The number of methoxy groups -OCH3 is 1. The second-order valence-corrected chi connectivity index (χ2v) is 4.75. The summed E-state index contributed by atoms with van der Waals surface area (Å²) in [6.45, 7) is 6.06. The minimum atomic E-state index is 0.318. The number of hydrogen-bond acceptors (Lipinski definition) is 2. The van der Waals surface area contributed by atoms with E-state index in [1.54, 1.807) is 7.11 Å². The van der Waals surface area contributed by atoms with Crippen LogP contribution < -0.4 is 0 Å². The molecule has 0 radical (unpaired) electrons. The van der Waals surface area contributed by atoms with E-state index in [1.165, 1.54) is 0 Å². The molecule has 0 atom stereocenters. The number of hydrogen-bond donors (Lipinski definition) is 0. The molecule has 3 nitrogen and oxygen atoms in total. The summed E-state index contributed by atoms with van der Waals surface area (Å²) in [4.78, 5) is 13.8. The van der Waals surface area contributed by atoms with Crippen molar-refractivity contribution in [1.82, 2.24) is 4.90 Å². The van der Waals surface area contributed by atoms with Crippen molar-refractivity contribution in [2.24, 2.45) is 5.92 Å². The Hall–Kier alpha value is -0.570. The average Bonchev–Trinajstić information content (AvgIpc) is 2.26. The Kier molecular flexibility index (Phi) is 5.09. The third kappa shape index (κ3) is 4.20. The van der Waals surface area contributed by atoms with Gasteiger partial charge in [0.25, 0.3) is 0 Å². The zero-order chi connectivity index (χ0) is 11.3. The van der Waals surface area contributed by atoms with Crippen molar-refractivity contribution in [2.75, 3.05) is 20.2 Å². The molecule has 0 spiro atoms. The average molecular weight is 213 g/mol. The van der Waals surface area contributed by atoms with E-state index in [0.717, 1.165) is 32.4 Å². The van der Waals surface area contributed by atoms with Crippen molar-refractivity contribution in [1.29, 1.82) is 0 Å². The van der Waals surface area contributed by atoms with Gasteiger partial charge in [0.1, 0.15) is 0 Å². The van der Waals surface area contributed by atoms with Crippen molar-refractivity contribution in [3.63, 3.8) is 0 Å². The van der Waals surface area contributed by atoms with Crippen LogP contribution in [0.15, 0.2) is 0 Å². The lowest BCUT2D eigenvalue weighted by molar-refractivity contribution is -0.133. The predicted molar refractivity (Wildman–Crippen MR) is 60.7 cm³/mol. The summed E-state index contributed by atoms with van der Waals surface area (Å²) in [5.41, 5.74) is 0. The monoisotopic (exact) mass is 213 g/mol. The molecule has 0 unspecified atom stereocenters. The van der Waals surface area contributed by atoms with Gasteiger partial charge in [-0.3, -0.25) is 4.79 Å². The zero-order valence-corrected chi connectivity index (χ0v) is 10.2. The molecular weight excluding hydrogens is 190 g/mol. The van der Waals surface area contributed by atoms with E-state index < -0.39 is 0 Å². The molecule has 0 aromatic heterocycles. The fourth-order valence-corrected chi connectivity index (χ4v) is 1.91. The van der Waals surface area contributed by atoms with Crippen LogP contribution in [0.2, 0.25) is 0 Å². The maximum atomic E-state index is 11.8. The summed E-state index contributed by atoms with van der Waals surface area (Å²) in [6.07, 6.45) is 4.05. The quantitative estimate of drug-likeness (QED) is 0.715. The van der Waals surface area contributed by atoms with Crippen molar-refractivity contribution in [3.8, 4) is 0 Å². The fourth-order valence-electron chi connectivity index (χ4n) is 1.91. The molecule has 1 heterocycles. The normalized spacial score (nSPS) is 18.5. The van der Waals surface area contributed by atoms with E-state index in [1.807, 2.05) is 4.90 Å². The van der Waals surface area contributed by atoms with Gasteiger partial charge in [0.15, 0.2) is 0 Å². The second kappa shape index (κ2) is 6.11. The van der Waals surface area contributed by atoms with Gasteiger partial charge < -0.3 is 9.64 Å². The summed E-state index contributed by atoms with van der Waals surface area (Å²) in [5.74, 6) is 0.934. The molecule has 88 valence electrons. The topological polar surface area (TPSA) is 29.5 Å². The van der Waals surface area contributed by atoms with E-state index in [2.05, 4.69) is 13.8 Å². The van der Waals surface area contributed by atoms with Crippen molar-refractivity contribution in [3.05, 3.63) is 0 Å². The van der Waals surface area contributed by atoms with Crippen LogP contribution in [0, 0.1) is 5.92 Å². The number of rotatable bonds is 4. The molecule has 1 amide bonds. The predicted octanol–water partition coefficient (Wildman–Crippen LogP) is 2.06. The Labute approximate surface area is 92.8 Å². The lowest BCUT2D eigenvalue weighted by Crippen LogP contribution is -2.40. The highest BCUT2D eigenvalue weighted by atomic mass is 16.5. The lowest BCUT2D eigenvalue weighted by Gasteiger charge is -2.31. The third-order valence-electron chi connectivity index (χ3n) is 3.06. The number of piperidine rings is 1. The highest BCUT2D eigenvalue weighted by molar-refractivity contribution is 5.76. The smallest absolute Gasteiger partial charge is 0.222 e. The van der Waals surface area contributed by atoms with Gasteiger partial charge in [0.05, 0.1) is 6.10 Å². The number of carbonyl (C=O) groups excluding carboxylic acids is 1. The molecule has 0 aliphatic carbocycles. The SMILES string of the molecule is COC1CCN(C(=O)CCC(C)C)CC1. The van der Waals surface area contributed by atoms with E-state index in [0.29, 0.717) is 24.3 Å². The van der Waals surface area contributed by atoms with Gasteiger partial charge in [-0.1, -0.05) is 13.8 Å². The lowest BCUT2D eigenvalue weighted by atomic mass is 10.0. The first-order valence-electron chi connectivity index (χ1n) is 5.94. The summed E-state index contributed by atoms with van der Waals surface area (Å²) in [7, 11) is 1.75. The first-order chi connectivity index (χ1) is 7.13.